The number of ketones is 2. The summed E-state index contributed by atoms with van der Waals surface area (Å²) >= 11 is 0. The monoisotopic (exact) mass is 303 g/mol. The number of H-pyrrole nitrogens is 1. The predicted molar refractivity (Wildman–Crippen MR) is 78.2 cm³/mol. The maximum absolute atomic E-state index is 12.4. The molecule has 2 heterocycles. The van der Waals surface area contributed by atoms with E-state index in [0.717, 1.165) is 0 Å². The maximum Gasteiger partial charge on any atom is 0.342 e. The number of ether oxygens (including phenoxy) is 1. The van der Waals surface area contributed by atoms with Crippen LogP contribution in [0.2, 0.25) is 0 Å². The van der Waals surface area contributed by atoms with Gasteiger partial charge in [-0.3, -0.25) is 9.59 Å². The Balaban J connectivity index is 2.19. The summed E-state index contributed by atoms with van der Waals surface area (Å²) in [5, 5.41) is 0. The molecule has 0 aliphatic heterocycles. The molecule has 2 rings (SSSR count). The van der Waals surface area contributed by atoms with Crippen molar-refractivity contribution in [2.24, 2.45) is 0 Å². The Morgan fingerprint density at radius 3 is 2.45 bits per heavy atom. The minimum absolute atomic E-state index is 0.117. The first-order valence-corrected chi connectivity index (χ1v) is 6.80. The van der Waals surface area contributed by atoms with Gasteiger partial charge in [0.15, 0.2) is 11.9 Å². The third kappa shape index (κ3) is 2.86. The maximum atomic E-state index is 12.4. The molecule has 0 saturated carbocycles. The van der Waals surface area contributed by atoms with Gasteiger partial charge >= 0.3 is 5.97 Å². The summed E-state index contributed by atoms with van der Waals surface area (Å²) in [7, 11) is 0. The Hall–Kier alpha value is -2.63. The van der Waals surface area contributed by atoms with Crippen LogP contribution in [-0.2, 0) is 4.74 Å². The van der Waals surface area contributed by atoms with E-state index >= 15 is 0 Å². The third-order valence-corrected chi connectivity index (χ3v) is 3.45. The van der Waals surface area contributed by atoms with Crippen molar-refractivity contribution in [3.63, 3.8) is 0 Å². The van der Waals surface area contributed by atoms with Crippen LogP contribution in [0.25, 0.3) is 0 Å². The second-order valence-corrected chi connectivity index (χ2v) is 5.10. The lowest BCUT2D eigenvalue weighted by molar-refractivity contribution is 0.0316. The van der Waals surface area contributed by atoms with Gasteiger partial charge in [-0.2, -0.15) is 0 Å². The van der Waals surface area contributed by atoms with Gasteiger partial charge in [-0.15, -0.1) is 0 Å². The van der Waals surface area contributed by atoms with E-state index in [1.807, 2.05) is 0 Å². The summed E-state index contributed by atoms with van der Waals surface area (Å²) in [4.78, 5) is 38.7. The van der Waals surface area contributed by atoms with Crippen LogP contribution in [0.1, 0.15) is 56.3 Å². The van der Waals surface area contributed by atoms with E-state index in [0.29, 0.717) is 16.8 Å². The molecule has 6 heteroatoms. The molecule has 2 aromatic heterocycles. The van der Waals surface area contributed by atoms with Gasteiger partial charge in [-0.25, -0.2) is 4.79 Å². The molecule has 116 valence electrons. The highest BCUT2D eigenvalue weighted by Gasteiger charge is 2.26. The minimum Gasteiger partial charge on any atom is -0.472 e. The van der Waals surface area contributed by atoms with Crippen LogP contribution >= 0.6 is 0 Å². The SMILES string of the molecule is CC(=O)c1c(C)[nH]c(C(=O)[C@H](C)OC(=O)c2ccoc2)c1C. The zero-order chi connectivity index (χ0) is 16.4. The molecule has 0 amide bonds. The normalized spacial score (nSPS) is 12.0. The van der Waals surface area contributed by atoms with Crippen LogP contribution in [0.3, 0.4) is 0 Å². The lowest BCUT2D eigenvalue weighted by Crippen LogP contribution is -2.25. The Morgan fingerprint density at radius 1 is 1.27 bits per heavy atom. The van der Waals surface area contributed by atoms with Crippen molar-refractivity contribution in [2.45, 2.75) is 33.8 Å². The first-order chi connectivity index (χ1) is 10.3. The Kier molecular flexibility index (Phi) is 4.30. The molecular weight excluding hydrogens is 286 g/mol. The second kappa shape index (κ2) is 6.01. The first-order valence-electron chi connectivity index (χ1n) is 6.80. The molecule has 2 aromatic rings. The van der Waals surface area contributed by atoms with Crippen molar-refractivity contribution in [3.05, 3.63) is 46.7 Å². The molecule has 0 aliphatic carbocycles. The number of carbonyl (C=O) groups is 3. The number of hydrogen-bond donors (Lipinski definition) is 1. The van der Waals surface area contributed by atoms with Gasteiger partial charge in [0.05, 0.1) is 17.5 Å². The van der Waals surface area contributed by atoms with Crippen molar-refractivity contribution in [1.82, 2.24) is 4.98 Å². The van der Waals surface area contributed by atoms with E-state index in [4.69, 9.17) is 9.15 Å². The quantitative estimate of drug-likeness (QED) is 0.677. The summed E-state index contributed by atoms with van der Waals surface area (Å²) in [5.74, 6) is -1.14. The number of aryl methyl sites for hydroxylation is 1. The fourth-order valence-corrected chi connectivity index (χ4v) is 2.39. The average molecular weight is 303 g/mol. The summed E-state index contributed by atoms with van der Waals surface area (Å²) in [6, 6.07) is 1.46. The zero-order valence-electron chi connectivity index (χ0n) is 12.9. The number of nitrogens with one attached hydrogen (secondary N) is 1. The van der Waals surface area contributed by atoms with E-state index in [2.05, 4.69) is 4.98 Å². The van der Waals surface area contributed by atoms with Gasteiger partial charge < -0.3 is 14.1 Å². The molecule has 6 nitrogen and oxygen atoms in total. The van der Waals surface area contributed by atoms with Crippen LogP contribution in [-0.4, -0.2) is 28.6 Å². The van der Waals surface area contributed by atoms with Gasteiger partial charge in [-0.1, -0.05) is 0 Å². The molecule has 0 radical (unpaired) electrons. The van der Waals surface area contributed by atoms with Crippen LogP contribution in [0, 0.1) is 13.8 Å². The standard InChI is InChI=1S/C16H17NO5/c1-8-13(10(3)18)9(2)17-14(8)15(19)11(4)22-16(20)12-5-6-21-7-12/h5-7,11,17H,1-4H3/t11-/m0/s1. The van der Waals surface area contributed by atoms with E-state index in [1.54, 1.807) is 13.8 Å². The van der Waals surface area contributed by atoms with Crippen molar-refractivity contribution in [1.29, 1.82) is 0 Å². The second-order valence-electron chi connectivity index (χ2n) is 5.10. The number of aromatic nitrogens is 1. The van der Waals surface area contributed by atoms with Gasteiger partial charge in [-0.05, 0) is 39.3 Å². The first kappa shape index (κ1) is 15.8. The minimum atomic E-state index is -0.973. The van der Waals surface area contributed by atoms with Crippen LogP contribution < -0.4 is 0 Å². The van der Waals surface area contributed by atoms with E-state index in [1.165, 1.54) is 32.4 Å². The van der Waals surface area contributed by atoms with Crippen LogP contribution in [0.5, 0.6) is 0 Å². The molecule has 0 unspecified atom stereocenters. The van der Waals surface area contributed by atoms with Crippen molar-refractivity contribution in [3.8, 4) is 0 Å². The Labute approximate surface area is 127 Å². The van der Waals surface area contributed by atoms with Gasteiger partial charge in [0, 0.05) is 11.3 Å². The Bertz CT molecular complexity index is 724. The van der Waals surface area contributed by atoms with Gasteiger partial charge in [0.1, 0.15) is 6.26 Å². The largest absolute Gasteiger partial charge is 0.472 e. The van der Waals surface area contributed by atoms with E-state index in [-0.39, 0.29) is 22.8 Å². The summed E-state index contributed by atoms with van der Waals surface area (Å²) in [6.45, 7) is 6.35. The number of aromatic amines is 1. The fourth-order valence-electron chi connectivity index (χ4n) is 2.39. The molecule has 22 heavy (non-hydrogen) atoms. The summed E-state index contributed by atoms with van der Waals surface area (Å²) in [6.07, 6.45) is 1.62. The smallest absolute Gasteiger partial charge is 0.342 e. The fraction of sp³-hybridized carbons (Fsp3) is 0.312. The van der Waals surface area contributed by atoms with E-state index < -0.39 is 12.1 Å². The third-order valence-electron chi connectivity index (χ3n) is 3.45. The van der Waals surface area contributed by atoms with Crippen molar-refractivity contribution >= 4 is 17.5 Å². The molecule has 1 N–H and O–H groups in total. The highest BCUT2D eigenvalue weighted by atomic mass is 16.5. The van der Waals surface area contributed by atoms with Gasteiger partial charge in [0.2, 0.25) is 5.78 Å². The zero-order valence-corrected chi connectivity index (χ0v) is 12.9. The Morgan fingerprint density at radius 2 is 1.95 bits per heavy atom. The molecule has 0 spiro atoms. The molecule has 0 saturated heterocycles. The van der Waals surface area contributed by atoms with Crippen LogP contribution in [0.4, 0.5) is 0 Å². The molecule has 0 aromatic carbocycles. The van der Waals surface area contributed by atoms with Gasteiger partial charge in [0.25, 0.3) is 0 Å². The number of hydrogen-bond acceptors (Lipinski definition) is 5. The molecule has 0 fully saturated rings. The lowest BCUT2D eigenvalue weighted by atomic mass is 10.0. The average Bonchev–Trinajstić information content (AvgIpc) is 3.05. The van der Waals surface area contributed by atoms with Crippen molar-refractivity contribution in [2.75, 3.05) is 0 Å². The molecule has 0 aliphatic rings. The predicted octanol–water partition coefficient (Wildman–Crippen LogP) is 2.86. The topological polar surface area (TPSA) is 89.4 Å². The molecule has 0 bridgehead atoms. The molecular formula is C16H17NO5. The van der Waals surface area contributed by atoms with Crippen molar-refractivity contribution < 1.29 is 23.5 Å². The lowest BCUT2D eigenvalue weighted by Gasteiger charge is -2.11. The van der Waals surface area contributed by atoms with E-state index in [9.17, 15) is 14.4 Å². The molecule has 1 atom stereocenters. The highest BCUT2D eigenvalue weighted by Crippen LogP contribution is 2.20. The van der Waals surface area contributed by atoms with Crippen LogP contribution in [0.15, 0.2) is 23.0 Å². The summed E-state index contributed by atoms with van der Waals surface area (Å²) < 4.78 is 9.92. The number of furan rings is 1. The number of rotatable bonds is 5. The highest BCUT2D eigenvalue weighted by molar-refractivity contribution is 6.05. The number of Topliss-reactive ketones (excluding diaryl/α,β-unsaturated/α-hetero) is 2. The summed E-state index contributed by atoms with van der Waals surface area (Å²) in [5.41, 5.74) is 2.22. The number of esters is 1. The number of carbonyl (C=O) groups excluding carboxylic acids is 3.